The van der Waals surface area contributed by atoms with Crippen molar-refractivity contribution in [3.8, 4) is 39.4 Å². The van der Waals surface area contributed by atoms with Gasteiger partial charge in [-0.2, -0.15) is 0 Å². The zero-order chi connectivity index (χ0) is 29.2. The van der Waals surface area contributed by atoms with Gasteiger partial charge >= 0.3 is 0 Å². The minimum Gasteiger partial charge on any atom is -0.507 e. The van der Waals surface area contributed by atoms with Gasteiger partial charge in [0.2, 0.25) is 0 Å². The van der Waals surface area contributed by atoms with Gasteiger partial charge in [-0.25, -0.2) is 4.98 Å². The smallest absolute Gasteiger partial charge is 0.128 e. The van der Waals surface area contributed by atoms with E-state index in [-0.39, 0.29) is 27.0 Å². The van der Waals surface area contributed by atoms with E-state index < -0.39 is 0 Å². The molecule has 4 aromatic carbocycles. The van der Waals surface area contributed by atoms with Crippen molar-refractivity contribution in [2.45, 2.75) is 49.5 Å². The molecule has 0 aliphatic heterocycles. The molecule has 2 aromatic heterocycles. The van der Waals surface area contributed by atoms with Crippen LogP contribution in [0.15, 0.2) is 119 Å². The van der Waals surface area contributed by atoms with Gasteiger partial charge in [-0.15, -0.1) is 29.8 Å². The van der Waals surface area contributed by atoms with E-state index in [9.17, 15) is 5.11 Å². The summed E-state index contributed by atoms with van der Waals surface area (Å²) in [6.07, 6.45) is 1.85. The number of nitrogens with zero attached hydrogens (tertiary/aromatic N) is 2. The van der Waals surface area contributed by atoms with E-state index in [1.165, 1.54) is 5.56 Å². The Hall–Kier alpha value is -3.72. The number of rotatable bonds is 7. The number of aromatic nitrogens is 2. The molecule has 0 aliphatic carbocycles. The van der Waals surface area contributed by atoms with Crippen LogP contribution in [-0.4, -0.2) is 15.1 Å². The molecule has 0 fully saturated rings. The SMILES string of the molecule is CC(C)c1cc(-c2nc(-c3[c-]c(Sc4nccc5ccccc45)ccc3)ccc2-c2ccccc2)c(O)c(C(C)C)c1.[Pt]. The maximum Gasteiger partial charge on any atom is 0.128 e. The molecular weight excluding hydrogens is 728 g/mol. The molecule has 0 aliphatic rings. The van der Waals surface area contributed by atoms with Crippen molar-refractivity contribution in [1.82, 2.24) is 9.97 Å². The Morgan fingerprint density at radius 2 is 1.51 bits per heavy atom. The van der Waals surface area contributed by atoms with Gasteiger partial charge in [-0.05, 0) is 51.7 Å². The summed E-state index contributed by atoms with van der Waals surface area (Å²) in [5, 5.41) is 14.8. The summed E-state index contributed by atoms with van der Waals surface area (Å²) in [6.45, 7) is 8.61. The number of phenolic OH excluding ortho intramolecular Hbond substituents is 1. The molecule has 0 atom stereocenters. The number of pyridine rings is 2. The summed E-state index contributed by atoms with van der Waals surface area (Å²) in [5.41, 5.74) is 7.39. The molecule has 2 heterocycles. The Morgan fingerprint density at radius 3 is 2.28 bits per heavy atom. The van der Waals surface area contributed by atoms with Crippen molar-refractivity contribution in [1.29, 1.82) is 0 Å². The molecule has 5 heteroatoms. The fourth-order valence-electron chi connectivity index (χ4n) is 5.23. The van der Waals surface area contributed by atoms with Crippen LogP contribution in [-0.2, 0) is 21.1 Å². The van der Waals surface area contributed by atoms with Crippen LogP contribution in [0, 0.1) is 6.07 Å². The van der Waals surface area contributed by atoms with Crippen LogP contribution in [0.2, 0.25) is 0 Å². The van der Waals surface area contributed by atoms with E-state index >= 15 is 0 Å². The summed E-state index contributed by atoms with van der Waals surface area (Å²) < 4.78 is 0. The van der Waals surface area contributed by atoms with Crippen molar-refractivity contribution in [2.24, 2.45) is 0 Å². The quantitative estimate of drug-likeness (QED) is 0.165. The predicted molar refractivity (Wildman–Crippen MR) is 175 cm³/mol. The van der Waals surface area contributed by atoms with Gasteiger partial charge in [-0.1, -0.05) is 117 Å². The van der Waals surface area contributed by atoms with Gasteiger partial charge in [0.15, 0.2) is 0 Å². The second-order valence-electron chi connectivity index (χ2n) is 11.1. The fraction of sp³-hybridized carbons (Fsp3) is 0.158. The van der Waals surface area contributed by atoms with Gasteiger partial charge in [0.05, 0.1) is 5.69 Å². The normalized spacial score (nSPS) is 11.2. The molecule has 218 valence electrons. The number of benzene rings is 4. The topological polar surface area (TPSA) is 46.0 Å². The van der Waals surface area contributed by atoms with Crippen molar-refractivity contribution in [2.75, 3.05) is 0 Å². The molecule has 6 aromatic rings. The first-order valence-corrected chi connectivity index (χ1v) is 15.2. The van der Waals surface area contributed by atoms with Crippen molar-refractivity contribution in [3.63, 3.8) is 0 Å². The number of fused-ring (bicyclic) bond motifs is 1. The average molecular weight is 761 g/mol. The Balaban J connectivity index is 0.00000368. The number of aromatic hydroxyl groups is 1. The molecule has 6 rings (SSSR count). The van der Waals surface area contributed by atoms with Crippen molar-refractivity contribution >= 4 is 22.5 Å². The zero-order valence-corrected chi connectivity index (χ0v) is 27.7. The first-order valence-electron chi connectivity index (χ1n) is 14.4. The Kier molecular flexibility index (Phi) is 9.49. The van der Waals surface area contributed by atoms with Crippen LogP contribution in [0.5, 0.6) is 5.75 Å². The summed E-state index contributed by atoms with van der Waals surface area (Å²) in [6, 6.07) is 38.7. The summed E-state index contributed by atoms with van der Waals surface area (Å²) >= 11 is 1.60. The largest absolute Gasteiger partial charge is 0.507 e. The standard InChI is InChI=1S/C38H33N2OS.Pt/c1-24(2)29-22-33(25(3)4)37(41)34(23-29)36-31(26-11-6-5-7-12-26)17-18-35(40-36)28-14-10-15-30(21-28)42-38-32-16-9-8-13-27(32)19-20-39-38;/h5-20,22-25,41H,1-4H3;/q-1;. The van der Waals surface area contributed by atoms with E-state index in [2.05, 4.69) is 93.3 Å². The van der Waals surface area contributed by atoms with Crippen molar-refractivity contribution < 1.29 is 26.2 Å². The van der Waals surface area contributed by atoms with Crippen LogP contribution in [0.1, 0.15) is 50.7 Å². The molecule has 43 heavy (non-hydrogen) atoms. The monoisotopic (exact) mass is 760 g/mol. The molecule has 1 N–H and O–H groups in total. The first-order chi connectivity index (χ1) is 20.4. The van der Waals surface area contributed by atoms with Crippen LogP contribution < -0.4 is 0 Å². The average Bonchev–Trinajstić information content (AvgIpc) is 3.01. The molecule has 0 amide bonds. The van der Waals surface area contributed by atoms with Gasteiger partial charge in [-0.3, -0.25) is 4.98 Å². The summed E-state index contributed by atoms with van der Waals surface area (Å²) in [7, 11) is 0. The third-order valence-electron chi connectivity index (χ3n) is 7.57. The molecule has 0 saturated carbocycles. The van der Waals surface area contributed by atoms with Gasteiger partial charge in [0.1, 0.15) is 10.8 Å². The van der Waals surface area contributed by atoms with Gasteiger partial charge in [0.25, 0.3) is 0 Å². The molecule has 0 bridgehead atoms. The Labute approximate surface area is 272 Å². The third kappa shape index (κ3) is 6.46. The van der Waals surface area contributed by atoms with E-state index in [1.807, 2.05) is 54.7 Å². The second-order valence-corrected chi connectivity index (χ2v) is 12.2. The number of hydrogen-bond acceptors (Lipinski definition) is 4. The van der Waals surface area contributed by atoms with Crippen LogP contribution in [0.25, 0.3) is 44.4 Å². The molecule has 3 nitrogen and oxygen atoms in total. The Bertz CT molecular complexity index is 1880. The Morgan fingerprint density at radius 1 is 0.744 bits per heavy atom. The first kappa shape index (κ1) is 30.7. The maximum atomic E-state index is 11.6. The maximum absolute atomic E-state index is 11.6. The van der Waals surface area contributed by atoms with E-state index in [1.54, 1.807) is 11.8 Å². The molecule has 0 radical (unpaired) electrons. The molecule has 0 unspecified atom stereocenters. The molecule has 0 saturated heterocycles. The number of hydrogen-bond donors (Lipinski definition) is 1. The zero-order valence-electron chi connectivity index (χ0n) is 24.6. The van der Waals surface area contributed by atoms with E-state index in [0.717, 1.165) is 59.9 Å². The van der Waals surface area contributed by atoms with Crippen molar-refractivity contribution in [3.05, 3.63) is 127 Å². The summed E-state index contributed by atoms with van der Waals surface area (Å²) in [4.78, 5) is 10.9. The van der Waals surface area contributed by atoms with Gasteiger partial charge in [0, 0.05) is 43.8 Å². The molecule has 0 spiro atoms. The minimum absolute atomic E-state index is 0. The van der Waals surface area contributed by atoms with E-state index in [0.29, 0.717) is 11.7 Å². The van der Waals surface area contributed by atoms with Crippen LogP contribution in [0.4, 0.5) is 0 Å². The molecular formula is C38H33N2OPtS-. The van der Waals surface area contributed by atoms with E-state index in [4.69, 9.17) is 4.98 Å². The minimum atomic E-state index is 0. The van der Waals surface area contributed by atoms with Gasteiger partial charge < -0.3 is 5.11 Å². The van der Waals surface area contributed by atoms with Crippen LogP contribution >= 0.6 is 11.8 Å². The third-order valence-corrected chi connectivity index (χ3v) is 8.55. The fourth-order valence-corrected chi connectivity index (χ4v) is 6.16. The summed E-state index contributed by atoms with van der Waals surface area (Å²) in [5.74, 6) is 0.789. The van der Waals surface area contributed by atoms with Crippen LogP contribution in [0.3, 0.4) is 0 Å². The number of phenols is 1. The second kappa shape index (κ2) is 13.3. The predicted octanol–water partition coefficient (Wildman–Crippen LogP) is 10.5.